The van der Waals surface area contributed by atoms with Crippen molar-refractivity contribution in [2.75, 3.05) is 49.6 Å². The van der Waals surface area contributed by atoms with Crippen molar-refractivity contribution in [3.05, 3.63) is 12.3 Å². The largest absolute Gasteiger partial charge is 0.478 e. The van der Waals surface area contributed by atoms with Crippen LogP contribution in [0.4, 0.5) is 5.95 Å². The molecule has 1 saturated heterocycles. The van der Waals surface area contributed by atoms with Crippen LogP contribution >= 0.6 is 15.9 Å². The number of ether oxygens (including phenoxy) is 1. The van der Waals surface area contributed by atoms with Crippen molar-refractivity contribution in [3.63, 3.8) is 0 Å². The fraction of sp³-hybridized carbons (Fsp3) is 0.667. The lowest BCUT2D eigenvalue weighted by molar-refractivity contribution is 0.271. The molecule has 0 bridgehead atoms. The van der Waals surface area contributed by atoms with Crippen LogP contribution in [-0.4, -0.2) is 59.5 Å². The second-order valence-electron chi connectivity index (χ2n) is 4.15. The molecule has 0 spiro atoms. The number of anilines is 1. The van der Waals surface area contributed by atoms with Gasteiger partial charge in [0.15, 0.2) is 0 Å². The second-order valence-corrected chi connectivity index (χ2v) is 4.94. The Morgan fingerprint density at radius 3 is 2.78 bits per heavy atom. The van der Waals surface area contributed by atoms with Crippen LogP contribution in [0.5, 0.6) is 5.88 Å². The molecule has 1 aromatic rings. The molecule has 0 unspecified atom stereocenters. The number of nitrogens with zero attached hydrogens (tertiary/aromatic N) is 4. The molecule has 1 aliphatic heterocycles. The zero-order chi connectivity index (χ0) is 12.8. The third-order valence-corrected chi connectivity index (χ3v) is 3.32. The Morgan fingerprint density at radius 2 is 2.11 bits per heavy atom. The molecule has 0 saturated carbocycles. The summed E-state index contributed by atoms with van der Waals surface area (Å²) in [5, 5.41) is 1.03. The number of hydrogen-bond donors (Lipinski definition) is 0. The van der Waals surface area contributed by atoms with Crippen LogP contribution in [0, 0.1) is 0 Å². The molecule has 0 amide bonds. The van der Waals surface area contributed by atoms with Gasteiger partial charge >= 0.3 is 0 Å². The second kappa shape index (κ2) is 6.89. The summed E-state index contributed by atoms with van der Waals surface area (Å²) >= 11 is 3.48. The van der Waals surface area contributed by atoms with Crippen LogP contribution in [0.25, 0.3) is 0 Å². The zero-order valence-corrected chi connectivity index (χ0v) is 12.3. The van der Waals surface area contributed by atoms with Gasteiger partial charge < -0.3 is 9.64 Å². The van der Waals surface area contributed by atoms with Crippen molar-refractivity contribution in [1.82, 2.24) is 14.9 Å². The van der Waals surface area contributed by atoms with Gasteiger partial charge in [-0.05, 0) is 6.92 Å². The molecule has 1 fully saturated rings. The van der Waals surface area contributed by atoms with Crippen LogP contribution < -0.4 is 9.64 Å². The summed E-state index contributed by atoms with van der Waals surface area (Å²) in [5.41, 5.74) is 0. The molecule has 5 nitrogen and oxygen atoms in total. The van der Waals surface area contributed by atoms with Gasteiger partial charge in [-0.2, -0.15) is 4.98 Å². The highest BCUT2D eigenvalue weighted by molar-refractivity contribution is 9.09. The molecule has 1 aromatic heterocycles. The van der Waals surface area contributed by atoms with Crippen molar-refractivity contribution >= 4 is 21.9 Å². The maximum atomic E-state index is 5.40. The standard InChI is InChI=1S/C12H19BrN4O/c1-2-18-11-3-5-14-12(15-11)17-9-7-16(6-4-13)8-10-17/h3,5H,2,4,6-10H2,1H3. The van der Waals surface area contributed by atoms with E-state index in [-0.39, 0.29) is 0 Å². The summed E-state index contributed by atoms with van der Waals surface area (Å²) in [6.45, 7) is 7.77. The third-order valence-electron chi connectivity index (χ3n) is 2.97. The van der Waals surface area contributed by atoms with Crippen LogP contribution in [-0.2, 0) is 0 Å². The average Bonchev–Trinajstić information content (AvgIpc) is 2.41. The summed E-state index contributed by atoms with van der Waals surface area (Å²) in [7, 11) is 0. The van der Waals surface area contributed by atoms with Gasteiger partial charge in [0.2, 0.25) is 11.8 Å². The van der Waals surface area contributed by atoms with Crippen molar-refractivity contribution in [2.24, 2.45) is 0 Å². The maximum absolute atomic E-state index is 5.40. The zero-order valence-electron chi connectivity index (χ0n) is 10.7. The summed E-state index contributed by atoms with van der Waals surface area (Å²) < 4.78 is 5.40. The Balaban J connectivity index is 1.94. The summed E-state index contributed by atoms with van der Waals surface area (Å²) in [6.07, 6.45) is 1.76. The van der Waals surface area contributed by atoms with Crippen molar-refractivity contribution in [1.29, 1.82) is 0 Å². The van der Waals surface area contributed by atoms with Crippen LogP contribution in [0.1, 0.15) is 6.92 Å². The minimum absolute atomic E-state index is 0.634. The lowest BCUT2D eigenvalue weighted by Gasteiger charge is -2.34. The van der Waals surface area contributed by atoms with E-state index in [1.165, 1.54) is 0 Å². The fourth-order valence-corrected chi connectivity index (χ4v) is 2.51. The molecule has 2 heterocycles. The van der Waals surface area contributed by atoms with Gasteiger partial charge in [0.1, 0.15) is 0 Å². The SMILES string of the molecule is CCOc1ccnc(N2CCN(CCBr)CC2)n1. The van der Waals surface area contributed by atoms with E-state index in [0.717, 1.165) is 44.0 Å². The first kappa shape index (κ1) is 13.5. The third kappa shape index (κ3) is 3.55. The van der Waals surface area contributed by atoms with Gasteiger partial charge in [-0.15, -0.1) is 0 Å². The van der Waals surface area contributed by atoms with E-state index in [2.05, 4.69) is 35.7 Å². The van der Waals surface area contributed by atoms with Crippen LogP contribution in [0.15, 0.2) is 12.3 Å². The van der Waals surface area contributed by atoms with Crippen molar-refractivity contribution < 1.29 is 4.74 Å². The quantitative estimate of drug-likeness (QED) is 0.768. The first-order valence-electron chi connectivity index (χ1n) is 6.32. The van der Waals surface area contributed by atoms with Gasteiger partial charge in [-0.25, -0.2) is 4.98 Å². The van der Waals surface area contributed by atoms with E-state index in [0.29, 0.717) is 12.5 Å². The molecule has 100 valence electrons. The minimum Gasteiger partial charge on any atom is -0.478 e. The van der Waals surface area contributed by atoms with Gasteiger partial charge in [0.05, 0.1) is 6.61 Å². The minimum atomic E-state index is 0.634. The average molecular weight is 315 g/mol. The summed E-state index contributed by atoms with van der Waals surface area (Å²) in [5.74, 6) is 1.44. The Bertz CT molecular complexity index is 369. The van der Waals surface area contributed by atoms with Gasteiger partial charge in [-0.3, -0.25) is 4.90 Å². The van der Waals surface area contributed by atoms with E-state index in [9.17, 15) is 0 Å². The molecule has 0 aliphatic carbocycles. The molecule has 18 heavy (non-hydrogen) atoms. The monoisotopic (exact) mass is 314 g/mol. The van der Waals surface area contributed by atoms with E-state index in [1.807, 2.05) is 6.92 Å². The Labute approximate surface area is 116 Å². The van der Waals surface area contributed by atoms with E-state index >= 15 is 0 Å². The lowest BCUT2D eigenvalue weighted by Crippen LogP contribution is -2.47. The number of hydrogen-bond acceptors (Lipinski definition) is 5. The number of rotatable bonds is 5. The molecule has 6 heteroatoms. The Morgan fingerprint density at radius 1 is 1.33 bits per heavy atom. The normalized spacial score (nSPS) is 16.9. The van der Waals surface area contributed by atoms with Crippen molar-refractivity contribution in [2.45, 2.75) is 6.92 Å². The predicted octanol–water partition coefficient (Wildman–Crippen LogP) is 1.39. The topological polar surface area (TPSA) is 41.5 Å². The van der Waals surface area contributed by atoms with E-state index in [4.69, 9.17) is 4.74 Å². The fourth-order valence-electron chi connectivity index (χ4n) is 2.00. The highest BCUT2D eigenvalue weighted by atomic mass is 79.9. The molecular formula is C12H19BrN4O. The van der Waals surface area contributed by atoms with Gasteiger partial charge in [0, 0.05) is 50.3 Å². The number of piperazine rings is 1. The highest BCUT2D eigenvalue weighted by Gasteiger charge is 2.18. The molecular weight excluding hydrogens is 296 g/mol. The van der Waals surface area contributed by atoms with Gasteiger partial charge in [-0.1, -0.05) is 15.9 Å². The van der Waals surface area contributed by atoms with Crippen LogP contribution in [0.2, 0.25) is 0 Å². The molecule has 0 radical (unpaired) electrons. The highest BCUT2D eigenvalue weighted by Crippen LogP contribution is 2.14. The Hall–Kier alpha value is -0.880. The number of alkyl halides is 1. The maximum Gasteiger partial charge on any atom is 0.228 e. The van der Waals surface area contributed by atoms with E-state index in [1.54, 1.807) is 12.3 Å². The first-order valence-corrected chi connectivity index (χ1v) is 7.44. The Kier molecular flexibility index (Phi) is 5.19. The summed E-state index contributed by atoms with van der Waals surface area (Å²) in [6, 6.07) is 1.80. The van der Waals surface area contributed by atoms with E-state index < -0.39 is 0 Å². The number of halogens is 1. The first-order chi connectivity index (χ1) is 8.83. The lowest BCUT2D eigenvalue weighted by atomic mass is 10.3. The molecule has 0 atom stereocenters. The molecule has 2 rings (SSSR count). The predicted molar refractivity (Wildman–Crippen MR) is 75.6 cm³/mol. The van der Waals surface area contributed by atoms with Crippen molar-refractivity contribution in [3.8, 4) is 5.88 Å². The molecule has 1 aliphatic rings. The summed E-state index contributed by atoms with van der Waals surface area (Å²) in [4.78, 5) is 13.4. The number of aromatic nitrogens is 2. The molecule has 0 N–H and O–H groups in total. The smallest absolute Gasteiger partial charge is 0.228 e. The molecule has 0 aromatic carbocycles. The van der Waals surface area contributed by atoms with Crippen LogP contribution in [0.3, 0.4) is 0 Å². The van der Waals surface area contributed by atoms with Gasteiger partial charge in [0.25, 0.3) is 0 Å².